The summed E-state index contributed by atoms with van der Waals surface area (Å²) < 4.78 is 13.3. The minimum absolute atomic E-state index is 0.0425. The zero-order valence-electron chi connectivity index (χ0n) is 16.4. The SMILES string of the molecule is CC(C)c1ccc([C@@H]2/C(=C(\O)c3ccc(F)cc3)C(=O)C(=O)N2c2nccs2)cc1. The van der Waals surface area contributed by atoms with Gasteiger partial charge in [0.25, 0.3) is 5.78 Å². The molecule has 1 saturated heterocycles. The number of aliphatic hydroxyl groups is 1. The van der Waals surface area contributed by atoms with E-state index in [1.165, 1.54) is 40.5 Å². The number of rotatable bonds is 4. The van der Waals surface area contributed by atoms with Gasteiger partial charge in [0.1, 0.15) is 11.6 Å². The van der Waals surface area contributed by atoms with Crippen molar-refractivity contribution in [3.05, 3.63) is 88.2 Å². The van der Waals surface area contributed by atoms with Crippen LogP contribution in [0, 0.1) is 5.82 Å². The number of carbonyl (C=O) groups is 2. The average molecular weight is 422 g/mol. The summed E-state index contributed by atoms with van der Waals surface area (Å²) in [5, 5.41) is 13.0. The highest BCUT2D eigenvalue weighted by Gasteiger charge is 2.47. The Morgan fingerprint density at radius 2 is 1.77 bits per heavy atom. The second-order valence-corrected chi connectivity index (χ2v) is 8.19. The monoisotopic (exact) mass is 422 g/mol. The van der Waals surface area contributed by atoms with Crippen molar-refractivity contribution < 1.29 is 19.1 Å². The van der Waals surface area contributed by atoms with E-state index in [1.807, 2.05) is 24.3 Å². The Labute approximate surface area is 177 Å². The van der Waals surface area contributed by atoms with Gasteiger partial charge in [-0.15, -0.1) is 11.3 Å². The number of benzene rings is 2. The van der Waals surface area contributed by atoms with Crippen LogP contribution in [-0.2, 0) is 9.59 Å². The number of carbonyl (C=O) groups excluding carboxylic acids is 2. The van der Waals surface area contributed by atoms with Gasteiger partial charge < -0.3 is 5.11 Å². The molecule has 1 N–H and O–H groups in total. The van der Waals surface area contributed by atoms with Gasteiger partial charge >= 0.3 is 5.91 Å². The number of thiazole rings is 1. The van der Waals surface area contributed by atoms with Crippen molar-refractivity contribution in [2.75, 3.05) is 4.90 Å². The minimum Gasteiger partial charge on any atom is -0.507 e. The molecule has 30 heavy (non-hydrogen) atoms. The van der Waals surface area contributed by atoms with Crippen molar-refractivity contribution in [1.29, 1.82) is 0 Å². The van der Waals surface area contributed by atoms with Crippen LogP contribution >= 0.6 is 11.3 Å². The first kappa shape index (κ1) is 20.0. The van der Waals surface area contributed by atoms with Crippen molar-refractivity contribution in [2.24, 2.45) is 0 Å². The third-order valence-corrected chi connectivity index (χ3v) is 5.88. The van der Waals surface area contributed by atoms with Gasteiger partial charge in [-0.3, -0.25) is 14.5 Å². The molecule has 4 rings (SSSR count). The van der Waals surface area contributed by atoms with Gasteiger partial charge in [0.15, 0.2) is 5.13 Å². The van der Waals surface area contributed by atoms with Gasteiger partial charge in [-0.05, 0) is 41.3 Å². The Balaban J connectivity index is 1.90. The number of halogens is 1. The molecular formula is C23H19FN2O3S. The van der Waals surface area contributed by atoms with Crippen molar-refractivity contribution in [1.82, 2.24) is 4.98 Å². The number of aliphatic hydroxyl groups excluding tert-OH is 1. The maximum atomic E-state index is 13.3. The van der Waals surface area contributed by atoms with Crippen LogP contribution in [0.2, 0.25) is 0 Å². The quantitative estimate of drug-likeness (QED) is 0.364. The molecule has 1 fully saturated rings. The van der Waals surface area contributed by atoms with Crippen LogP contribution in [0.5, 0.6) is 0 Å². The van der Waals surface area contributed by atoms with Crippen LogP contribution in [0.3, 0.4) is 0 Å². The molecule has 5 nitrogen and oxygen atoms in total. The number of nitrogens with zero attached hydrogens (tertiary/aromatic N) is 2. The lowest BCUT2D eigenvalue weighted by molar-refractivity contribution is -0.132. The first-order chi connectivity index (χ1) is 14.4. The summed E-state index contributed by atoms with van der Waals surface area (Å²) in [4.78, 5) is 31.4. The molecule has 7 heteroatoms. The summed E-state index contributed by atoms with van der Waals surface area (Å²) in [6.45, 7) is 4.15. The van der Waals surface area contributed by atoms with Crippen LogP contribution in [-0.4, -0.2) is 21.8 Å². The molecule has 152 valence electrons. The molecule has 1 aliphatic rings. The highest BCUT2D eigenvalue weighted by atomic mass is 32.1. The van der Waals surface area contributed by atoms with Gasteiger partial charge in [-0.1, -0.05) is 38.1 Å². The fourth-order valence-electron chi connectivity index (χ4n) is 3.51. The summed E-state index contributed by atoms with van der Waals surface area (Å²) in [5.74, 6) is -2.04. The third-order valence-electron chi connectivity index (χ3n) is 5.11. The summed E-state index contributed by atoms with van der Waals surface area (Å²) >= 11 is 1.23. The molecule has 0 bridgehead atoms. The van der Waals surface area contributed by atoms with E-state index in [9.17, 15) is 19.1 Å². The van der Waals surface area contributed by atoms with Crippen LogP contribution in [0.25, 0.3) is 5.76 Å². The summed E-state index contributed by atoms with van der Waals surface area (Å²) in [7, 11) is 0. The fraction of sp³-hybridized carbons (Fsp3) is 0.174. The highest BCUT2D eigenvalue weighted by molar-refractivity contribution is 7.14. The van der Waals surface area contributed by atoms with Crippen LogP contribution in [0.15, 0.2) is 65.7 Å². The predicted molar refractivity (Wildman–Crippen MR) is 114 cm³/mol. The van der Waals surface area contributed by atoms with E-state index < -0.39 is 23.5 Å². The number of Topliss-reactive ketones (excluding diaryl/α,β-unsaturated/α-hetero) is 1. The van der Waals surface area contributed by atoms with E-state index in [0.29, 0.717) is 16.6 Å². The number of amides is 1. The third kappa shape index (κ3) is 3.41. The lowest BCUT2D eigenvalue weighted by atomic mass is 9.93. The zero-order chi connectivity index (χ0) is 21.4. The van der Waals surface area contributed by atoms with Crippen molar-refractivity contribution in [3.63, 3.8) is 0 Å². The zero-order valence-corrected chi connectivity index (χ0v) is 17.2. The molecule has 0 radical (unpaired) electrons. The number of hydrogen-bond acceptors (Lipinski definition) is 5. The number of hydrogen-bond donors (Lipinski definition) is 1. The van der Waals surface area contributed by atoms with E-state index in [0.717, 1.165) is 5.56 Å². The summed E-state index contributed by atoms with van der Waals surface area (Å²) in [6.07, 6.45) is 1.55. The molecule has 2 aromatic carbocycles. The lowest BCUT2D eigenvalue weighted by Crippen LogP contribution is -2.29. The number of ketones is 1. The summed E-state index contributed by atoms with van der Waals surface area (Å²) in [6, 6.07) is 11.9. The largest absolute Gasteiger partial charge is 0.507 e. The Morgan fingerprint density at radius 3 is 2.33 bits per heavy atom. The van der Waals surface area contributed by atoms with E-state index in [1.54, 1.807) is 11.6 Å². The molecule has 1 aliphatic heterocycles. The van der Waals surface area contributed by atoms with Crippen molar-refractivity contribution in [2.45, 2.75) is 25.8 Å². The van der Waals surface area contributed by atoms with Gasteiger partial charge in [-0.25, -0.2) is 9.37 Å². The van der Waals surface area contributed by atoms with Crippen LogP contribution in [0.1, 0.15) is 42.5 Å². The topological polar surface area (TPSA) is 70.5 Å². The molecule has 0 spiro atoms. The molecule has 1 aromatic heterocycles. The first-order valence-corrected chi connectivity index (χ1v) is 10.3. The molecule has 2 heterocycles. The molecule has 0 saturated carbocycles. The van der Waals surface area contributed by atoms with E-state index in [-0.39, 0.29) is 16.9 Å². The van der Waals surface area contributed by atoms with Gasteiger partial charge in [-0.2, -0.15) is 0 Å². The predicted octanol–water partition coefficient (Wildman–Crippen LogP) is 5.03. The minimum atomic E-state index is -0.831. The smallest absolute Gasteiger partial charge is 0.301 e. The lowest BCUT2D eigenvalue weighted by Gasteiger charge is -2.23. The number of anilines is 1. The van der Waals surface area contributed by atoms with E-state index >= 15 is 0 Å². The van der Waals surface area contributed by atoms with E-state index in [2.05, 4.69) is 18.8 Å². The fourth-order valence-corrected chi connectivity index (χ4v) is 4.17. The van der Waals surface area contributed by atoms with Gasteiger partial charge in [0, 0.05) is 17.1 Å². The van der Waals surface area contributed by atoms with Crippen molar-refractivity contribution >= 4 is 33.9 Å². The Hall–Kier alpha value is -3.32. The second-order valence-electron chi connectivity index (χ2n) is 7.31. The number of aromatic nitrogens is 1. The van der Waals surface area contributed by atoms with Crippen LogP contribution in [0.4, 0.5) is 9.52 Å². The molecule has 3 aromatic rings. The average Bonchev–Trinajstić information content (AvgIpc) is 3.35. The van der Waals surface area contributed by atoms with Gasteiger partial charge in [0.2, 0.25) is 0 Å². The molecule has 0 unspecified atom stereocenters. The molecule has 1 atom stereocenters. The Bertz CT molecular complexity index is 1120. The Kier molecular flexibility index (Phi) is 5.22. The van der Waals surface area contributed by atoms with Crippen molar-refractivity contribution in [3.8, 4) is 0 Å². The first-order valence-electron chi connectivity index (χ1n) is 9.44. The maximum absolute atomic E-state index is 13.3. The maximum Gasteiger partial charge on any atom is 0.301 e. The molecule has 0 aliphatic carbocycles. The van der Waals surface area contributed by atoms with Gasteiger partial charge in [0.05, 0.1) is 11.6 Å². The summed E-state index contributed by atoms with van der Waals surface area (Å²) in [5.41, 5.74) is 2.01. The van der Waals surface area contributed by atoms with E-state index in [4.69, 9.17) is 0 Å². The standard InChI is InChI=1S/C23H19FN2O3S/c1-13(2)14-3-5-15(6-4-14)19-18(20(27)16-7-9-17(24)10-8-16)21(28)22(29)26(19)23-25-11-12-30-23/h3-13,19,27H,1-2H3/b20-18+/t19-/m1/s1. The second kappa shape index (κ2) is 7.84. The molecular weight excluding hydrogens is 403 g/mol. The molecule has 1 amide bonds. The van der Waals surface area contributed by atoms with Crippen LogP contribution < -0.4 is 4.90 Å². The Morgan fingerprint density at radius 1 is 1.10 bits per heavy atom. The highest BCUT2D eigenvalue weighted by Crippen LogP contribution is 2.42. The normalized spacial score (nSPS) is 18.4.